The molecule has 0 saturated heterocycles. The highest BCUT2D eigenvalue weighted by Gasteiger charge is 2.26. The molecule has 1 aromatic carbocycles. The Kier molecular flexibility index (Phi) is 2.44. The van der Waals surface area contributed by atoms with E-state index in [-0.39, 0.29) is 0 Å². The van der Waals surface area contributed by atoms with Crippen molar-refractivity contribution >= 4 is 13.7 Å². The Labute approximate surface area is 82.9 Å². The summed E-state index contributed by atoms with van der Waals surface area (Å²) in [5, 5.41) is 0. The van der Waals surface area contributed by atoms with Crippen molar-refractivity contribution in [2.75, 3.05) is 6.61 Å². The van der Waals surface area contributed by atoms with Crippen LogP contribution in [0.25, 0.3) is 6.08 Å². The van der Waals surface area contributed by atoms with Crippen LogP contribution in [0.2, 0.25) is 0 Å². The minimum atomic E-state index is -3.03. The Morgan fingerprint density at radius 1 is 1.43 bits per heavy atom. The molecule has 1 heterocycles. The average Bonchev–Trinajstić information content (AvgIpc) is 2.17. The first kappa shape index (κ1) is 9.50. The van der Waals surface area contributed by atoms with E-state index in [0.717, 1.165) is 5.56 Å². The van der Waals surface area contributed by atoms with Crippen molar-refractivity contribution in [2.24, 2.45) is 0 Å². The third-order valence-corrected chi connectivity index (χ3v) is 3.47. The highest BCUT2D eigenvalue weighted by molar-refractivity contribution is 7.57. The van der Waals surface area contributed by atoms with Crippen LogP contribution in [0.4, 0.5) is 0 Å². The standard InChI is InChI=1S/C10H11O3P/c1-2-12-14(11)8-7-9-5-3-4-6-10(9)13-14/h3-8H,2H2,1H3. The summed E-state index contributed by atoms with van der Waals surface area (Å²) in [6.45, 7) is 2.17. The van der Waals surface area contributed by atoms with Gasteiger partial charge in [-0.3, -0.25) is 4.52 Å². The molecule has 1 aliphatic rings. The highest BCUT2D eigenvalue weighted by atomic mass is 31.2. The van der Waals surface area contributed by atoms with Crippen LogP contribution in [0.1, 0.15) is 12.5 Å². The van der Waals surface area contributed by atoms with E-state index in [9.17, 15) is 4.57 Å². The summed E-state index contributed by atoms with van der Waals surface area (Å²) in [7, 11) is -3.03. The summed E-state index contributed by atoms with van der Waals surface area (Å²) >= 11 is 0. The van der Waals surface area contributed by atoms with E-state index in [4.69, 9.17) is 9.05 Å². The van der Waals surface area contributed by atoms with Crippen molar-refractivity contribution in [3.05, 3.63) is 35.6 Å². The molecule has 0 radical (unpaired) electrons. The van der Waals surface area contributed by atoms with Crippen molar-refractivity contribution in [1.82, 2.24) is 0 Å². The molecule has 0 bridgehead atoms. The number of hydrogen-bond donors (Lipinski definition) is 0. The summed E-state index contributed by atoms with van der Waals surface area (Å²) < 4.78 is 22.2. The fourth-order valence-corrected chi connectivity index (χ4v) is 2.63. The molecule has 1 aliphatic heterocycles. The summed E-state index contributed by atoms with van der Waals surface area (Å²) in [6, 6.07) is 7.43. The Bertz CT molecular complexity index is 412. The minimum absolute atomic E-state index is 0.379. The van der Waals surface area contributed by atoms with E-state index in [2.05, 4.69) is 0 Å². The first-order valence-electron chi connectivity index (χ1n) is 4.46. The molecule has 0 N–H and O–H groups in total. The van der Waals surface area contributed by atoms with Gasteiger partial charge in [-0.25, -0.2) is 4.57 Å². The lowest BCUT2D eigenvalue weighted by Gasteiger charge is -2.20. The van der Waals surface area contributed by atoms with E-state index in [0.29, 0.717) is 12.4 Å². The lowest BCUT2D eigenvalue weighted by atomic mass is 10.2. The predicted molar refractivity (Wildman–Crippen MR) is 55.3 cm³/mol. The number of para-hydroxylation sites is 1. The van der Waals surface area contributed by atoms with Gasteiger partial charge in [0.25, 0.3) is 0 Å². The van der Waals surface area contributed by atoms with Crippen LogP contribution < -0.4 is 4.52 Å². The average molecular weight is 210 g/mol. The molecular formula is C10H11O3P. The van der Waals surface area contributed by atoms with Gasteiger partial charge in [-0.05, 0) is 19.1 Å². The molecule has 0 fully saturated rings. The van der Waals surface area contributed by atoms with Crippen LogP contribution in [-0.4, -0.2) is 6.61 Å². The van der Waals surface area contributed by atoms with Gasteiger partial charge in [0.05, 0.1) is 6.61 Å². The zero-order valence-corrected chi connectivity index (χ0v) is 8.74. The Morgan fingerprint density at radius 2 is 2.21 bits per heavy atom. The third-order valence-electron chi connectivity index (χ3n) is 1.89. The number of benzene rings is 1. The molecule has 0 aromatic heterocycles. The molecule has 1 aromatic rings. The largest absolute Gasteiger partial charge is 0.421 e. The molecule has 2 rings (SSSR count). The summed E-state index contributed by atoms with van der Waals surface area (Å²) in [5.74, 6) is 2.12. The Hall–Kier alpha value is -1.05. The smallest absolute Gasteiger partial charge is 0.403 e. The lowest BCUT2D eigenvalue weighted by Crippen LogP contribution is -2.00. The zero-order valence-electron chi connectivity index (χ0n) is 7.84. The van der Waals surface area contributed by atoms with Gasteiger partial charge in [-0.15, -0.1) is 0 Å². The molecule has 1 atom stereocenters. The van der Waals surface area contributed by atoms with Gasteiger partial charge in [0.15, 0.2) is 0 Å². The normalized spacial score (nSPS) is 24.1. The van der Waals surface area contributed by atoms with Gasteiger partial charge >= 0.3 is 7.60 Å². The van der Waals surface area contributed by atoms with E-state index < -0.39 is 7.60 Å². The van der Waals surface area contributed by atoms with Crippen molar-refractivity contribution in [2.45, 2.75) is 6.92 Å². The third kappa shape index (κ3) is 1.74. The second kappa shape index (κ2) is 3.60. The summed E-state index contributed by atoms with van der Waals surface area (Å²) in [6.07, 6.45) is 1.77. The van der Waals surface area contributed by atoms with Crippen molar-refractivity contribution in [3.8, 4) is 5.75 Å². The minimum Gasteiger partial charge on any atom is -0.421 e. The van der Waals surface area contributed by atoms with E-state index >= 15 is 0 Å². The molecule has 0 saturated carbocycles. The molecule has 14 heavy (non-hydrogen) atoms. The first-order chi connectivity index (χ1) is 6.73. The molecule has 3 nitrogen and oxygen atoms in total. The maximum absolute atomic E-state index is 11.9. The van der Waals surface area contributed by atoms with Crippen LogP contribution >= 0.6 is 7.60 Å². The lowest BCUT2D eigenvalue weighted by molar-refractivity contribution is 0.287. The molecule has 1 unspecified atom stereocenters. The second-order valence-corrected chi connectivity index (χ2v) is 4.72. The first-order valence-corrected chi connectivity index (χ1v) is 6.07. The van der Waals surface area contributed by atoms with E-state index in [1.165, 1.54) is 5.82 Å². The molecule has 0 amide bonds. The molecule has 0 spiro atoms. The van der Waals surface area contributed by atoms with Gasteiger partial charge < -0.3 is 4.52 Å². The van der Waals surface area contributed by atoms with Gasteiger partial charge in [-0.1, -0.05) is 18.2 Å². The van der Waals surface area contributed by atoms with Gasteiger partial charge in [0.1, 0.15) is 5.75 Å². The summed E-state index contributed by atoms with van der Waals surface area (Å²) in [4.78, 5) is 0. The van der Waals surface area contributed by atoms with E-state index in [1.807, 2.05) is 18.2 Å². The molecular weight excluding hydrogens is 199 g/mol. The fraction of sp³-hybridized carbons (Fsp3) is 0.200. The van der Waals surface area contributed by atoms with Crippen LogP contribution in [0, 0.1) is 0 Å². The van der Waals surface area contributed by atoms with Gasteiger partial charge in [-0.2, -0.15) is 0 Å². The monoisotopic (exact) mass is 210 g/mol. The second-order valence-electron chi connectivity index (χ2n) is 2.90. The van der Waals surface area contributed by atoms with Crippen LogP contribution in [0.5, 0.6) is 5.75 Å². The van der Waals surface area contributed by atoms with Crippen LogP contribution in [-0.2, 0) is 9.09 Å². The van der Waals surface area contributed by atoms with Crippen molar-refractivity contribution in [3.63, 3.8) is 0 Å². The van der Waals surface area contributed by atoms with Crippen LogP contribution in [0.15, 0.2) is 30.1 Å². The molecule has 4 heteroatoms. The summed E-state index contributed by atoms with van der Waals surface area (Å²) in [5.41, 5.74) is 0.929. The Balaban J connectivity index is 2.34. The molecule has 74 valence electrons. The Morgan fingerprint density at radius 3 is 3.00 bits per heavy atom. The quantitative estimate of drug-likeness (QED) is 0.702. The van der Waals surface area contributed by atoms with Gasteiger partial charge in [0, 0.05) is 11.4 Å². The van der Waals surface area contributed by atoms with E-state index in [1.54, 1.807) is 19.1 Å². The number of hydrogen-bond acceptors (Lipinski definition) is 3. The van der Waals surface area contributed by atoms with Crippen molar-refractivity contribution < 1.29 is 13.6 Å². The SMILES string of the molecule is CCOP1(=O)C=Cc2ccccc2O1. The highest BCUT2D eigenvalue weighted by Crippen LogP contribution is 2.53. The predicted octanol–water partition coefficient (Wildman–Crippen LogP) is 3.28. The maximum Gasteiger partial charge on any atom is 0.403 e. The van der Waals surface area contributed by atoms with Gasteiger partial charge in [0.2, 0.25) is 0 Å². The van der Waals surface area contributed by atoms with Crippen molar-refractivity contribution in [1.29, 1.82) is 0 Å². The van der Waals surface area contributed by atoms with Crippen LogP contribution in [0.3, 0.4) is 0 Å². The topological polar surface area (TPSA) is 35.5 Å². The molecule has 0 aliphatic carbocycles. The maximum atomic E-state index is 11.9. The number of fused-ring (bicyclic) bond motifs is 1. The number of rotatable bonds is 2. The fourth-order valence-electron chi connectivity index (χ4n) is 1.29. The zero-order chi connectivity index (χ0) is 10.0.